The van der Waals surface area contributed by atoms with Crippen LogP contribution < -0.4 is 5.32 Å². The van der Waals surface area contributed by atoms with Crippen molar-refractivity contribution in [2.75, 3.05) is 6.54 Å². The quantitative estimate of drug-likeness (QED) is 0.812. The molecule has 1 N–H and O–H groups in total. The Morgan fingerprint density at radius 1 is 1.05 bits per heavy atom. The highest BCUT2D eigenvalue weighted by Gasteiger charge is 2.42. The number of rotatable bonds is 6. The fourth-order valence-electron chi connectivity index (χ4n) is 3.69. The molecule has 3 rings (SSSR count). The van der Waals surface area contributed by atoms with E-state index in [0.29, 0.717) is 5.41 Å². The number of benzene rings is 1. The molecule has 2 aliphatic rings. The summed E-state index contributed by atoms with van der Waals surface area (Å²) in [5.74, 6) is 0.939. The SMILES string of the molecule is Cc1cc(C)c(CC(C)(CNC2CC2)C2CC2)c(C)c1. The van der Waals surface area contributed by atoms with E-state index < -0.39 is 0 Å². The maximum atomic E-state index is 3.79. The summed E-state index contributed by atoms with van der Waals surface area (Å²) < 4.78 is 0. The number of aryl methyl sites for hydroxylation is 3. The van der Waals surface area contributed by atoms with Gasteiger partial charge in [0.25, 0.3) is 0 Å². The van der Waals surface area contributed by atoms with Crippen molar-refractivity contribution in [3.63, 3.8) is 0 Å². The minimum atomic E-state index is 0.452. The van der Waals surface area contributed by atoms with Crippen LogP contribution in [0.2, 0.25) is 0 Å². The lowest BCUT2D eigenvalue weighted by Crippen LogP contribution is -2.37. The van der Waals surface area contributed by atoms with E-state index in [2.05, 4.69) is 45.1 Å². The van der Waals surface area contributed by atoms with Crippen molar-refractivity contribution in [1.29, 1.82) is 0 Å². The number of nitrogens with one attached hydrogen (secondary N) is 1. The van der Waals surface area contributed by atoms with Crippen LogP contribution in [-0.4, -0.2) is 12.6 Å². The molecule has 0 spiro atoms. The van der Waals surface area contributed by atoms with Crippen LogP contribution in [0.15, 0.2) is 12.1 Å². The van der Waals surface area contributed by atoms with Crippen molar-refractivity contribution in [2.45, 2.75) is 65.8 Å². The molecule has 0 aromatic heterocycles. The van der Waals surface area contributed by atoms with Crippen molar-refractivity contribution in [1.82, 2.24) is 5.32 Å². The normalized spacial score (nSPS) is 21.8. The summed E-state index contributed by atoms with van der Waals surface area (Å²) in [5, 5.41) is 3.79. The molecule has 1 atom stereocenters. The third kappa shape index (κ3) is 3.09. The van der Waals surface area contributed by atoms with Crippen LogP contribution in [0.5, 0.6) is 0 Å². The van der Waals surface area contributed by atoms with Crippen molar-refractivity contribution in [2.24, 2.45) is 11.3 Å². The summed E-state index contributed by atoms with van der Waals surface area (Å²) in [6.45, 7) is 10.5. The highest BCUT2D eigenvalue weighted by Crippen LogP contribution is 2.48. The first-order valence-electron chi connectivity index (χ1n) is 8.28. The average Bonchev–Trinajstić information content (AvgIpc) is 3.25. The third-order valence-corrected chi connectivity index (χ3v) is 5.36. The molecule has 0 heterocycles. The van der Waals surface area contributed by atoms with Gasteiger partial charge in [-0.25, -0.2) is 0 Å². The van der Waals surface area contributed by atoms with Crippen LogP contribution >= 0.6 is 0 Å². The molecular weight excluding hydrogens is 242 g/mol. The standard InChI is InChI=1S/C19H29N/c1-13-9-14(2)18(15(3)10-13)11-19(4,16-5-6-16)12-20-17-7-8-17/h9-10,16-17,20H,5-8,11-12H2,1-4H3. The Kier molecular flexibility index (Phi) is 3.66. The van der Waals surface area contributed by atoms with Gasteiger partial charge < -0.3 is 5.32 Å². The highest BCUT2D eigenvalue weighted by molar-refractivity contribution is 5.38. The molecule has 1 aromatic carbocycles. The van der Waals surface area contributed by atoms with Gasteiger partial charge in [0.05, 0.1) is 0 Å². The Hall–Kier alpha value is -0.820. The van der Waals surface area contributed by atoms with Crippen LogP contribution in [0.4, 0.5) is 0 Å². The first kappa shape index (κ1) is 14.1. The molecule has 1 aromatic rings. The van der Waals surface area contributed by atoms with E-state index in [1.165, 1.54) is 55.3 Å². The van der Waals surface area contributed by atoms with E-state index in [4.69, 9.17) is 0 Å². The molecular formula is C19H29N. The predicted molar refractivity (Wildman–Crippen MR) is 86.2 cm³/mol. The monoisotopic (exact) mass is 271 g/mol. The van der Waals surface area contributed by atoms with Crippen molar-refractivity contribution in [3.05, 3.63) is 34.4 Å². The average molecular weight is 271 g/mol. The highest BCUT2D eigenvalue weighted by atomic mass is 15.0. The summed E-state index contributed by atoms with van der Waals surface area (Å²) in [7, 11) is 0. The lowest BCUT2D eigenvalue weighted by Gasteiger charge is -2.32. The van der Waals surface area contributed by atoms with Crippen LogP contribution in [0.25, 0.3) is 0 Å². The van der Waals surface area contributed by atoms with Gasteiger partial charge in [-0.15, -0.1) is 0 Å². The fourth-order valence-corrected chi connectivity index (χ4v) is 3.69. The molecule has 2 saturated carbocycles. The minimum absolute atomic E-state index is 0.452. The van der Waals surface area contributed by atoms with Crippen molar-refractivity contribution >= 4 is 0 Å². The van der Waals surface area contributed by atoms with E-state index >= 15 is 0 Å². The maximum Gasteiger partial charge on any atom is 0.00684 e. The zero-order valence-electron chi connectivity index (χ0n) is 13.6. The third-order valence-electron chi connectivity index (χ3n) is 5.36. The summed E-state index contributed by atoms with van der Waals surface area (Å²) in [4.78, 5) is 0. The lowest BCUT2D eigenvalue weighted by molar-refractivity contribution is 0.254. The second-order valence-corrected chi connectivity index (χ2v) is 7.64. The molecule has 2 aliphatic carbocycles. The second-order valence-electron chi connectivity index (χ2n) is 7.64. The van der Waals surface area contributed by atoms with E-state index in [1.54, 1.807) is 5.56 Å². The van der Waals surface area contributed by atoms with E-state index in [9.17, 15) is 0 Å². The van der Waals surface area contributed by atoms with Gasteiger partial charge in [0.15, 0.2) is 0 Å². The first-order chi connectivity index (χ1) is 9.48. The molecule has 0 aliphatic heterocycles. The summed E-state index contributed by atoms with van der Waals surface area (Å²) in [6.07, 6.45) is 6.90. The fraction of sp³-hybridized carbons (Fsp3) is 0.684. The second kappa shape index (κ2) is 5.18. The molecule has 2 fully saturated rings. The Labute approximate surface area is 124 Å². The smallest absolute Gasteiger partial charge is 0.00684 e. The van der Waals surface area contributed by atoms with E-state index in [-0.39, 0.29) is 0 Å². The molecule has 20 heavy (non-hydrogen) atoms. The summed E-state index contributed by atoms with van der Waals surface area (Å²) in [5.41, 5.74) is 6.42. The van der Waals surface area contributed by atoms with Gasteiger partial charge in [0.2, 0.25) is 0 Å². The number of hydrogen-bond acceptors (Lipinski definition) is 1. The van der Waals surface area contributed by atoms with E-state index in [0.717, 1.165) is 12.0 Å². The predicted octanol–water partition coefficient (Wildman–Crippen LogP) is 4.32. The molecule has 0 bridgehead atoms. The van der Waals surface area contributed by atoms with E-state index in [1.807, 2.05) is 0 Å². The topological polar surface area (TPSA) is 12.0 Å². The Balaban J connectivity index is 1.78. The lowest BCUT2D eigenvalue weighted by atomic mass is 9.76. The Bertz CT molecular complexity index is 473. The minimum Gasteiger partial charge on any atom is -0.313 e. The van der Waals surface area contributed by atoms with Gasteiger partial charge in [-0.05, 0) is 80.9 Å². The van der Waals surface area contributed by atoms with Crippen LogP contribution in [0.1, 0.15) is 54.9 Å². The first-order valence-corrected chi connectivity index (χ1v) is 8.28. The zero-order valence-corrected chi connectivity index (χ0v) is 13.6. The molecule has 0 saturated heterocycles. The van der Waals surface area contributed by atoms with Gasteiger partial charge in [-0.3, -0.25) is 0 Å². The maximum absolute atomic E-state index is 3.79. The van der Waals surface area contributed by atoms with Gasteiger partial charge >= 0.3 is 0 Å². The van der Waals surface area contributed by atoms with Crippen molar-refractivity contribution in [3.8, 4) is 0 Å². The molecule has 1 unspecified atom stereocenters. The summed E-state index contributed by atoms with van der Waals surface area (Å²) >= 11 is 0. The van der Waals surface area contributed by atoms with Gasteiger partial charge in [0.1, 0.15) is 0 Å². The largest absolute Gasteiger partial charge is 0.313 e. The summed E-state index contributed by atoms with van der Waals surface area (Å²) in [6, 6.07) is 5.53. The number of hydrogen-bond donors (Lipinski definition) is 1. The van der Waals surface area contributed by atoms with Crippen LogP contribution in [0, 0.1) is 32.1 Å². The Morgan fingerprint density at radius 2 is 1.65 bits per heavy atom. The van der Waals surface area contributed by atoms with Crippen LogP contribution in [0.3, 0.4) is 0 Å². The Morgan fingerprint density at radius 3 is 2.15 bits per heavy atom. The molecule has 110 valence electrons. The van der Waals surface area contributed by atoms with Crippen LogP contribution in [-0.2, 0) is 6.42 Å². The van der Waals surface area contributed by atoms with Gasteiger partial charge in [-0.2, -0.15) is 0 Å². The van der Waals surface area contributed by atoms with Gasteiger partial charge in [0, 0.05) is 12.6 Å². The molecule has 0 radical (unpaired) electrons. The van der Waals surface area contributed by atoms with Gasteiger partial charge in [-0.1, -0.05) is 24.6 Å². The zero-order chi connectivity index (χ0) is 14.3. The molecule has 1 heteroatoms. The molecule has 0 amide bonds. The molecule has 1 nitrogen and oxygen atoms in total. The van der Waals surface area contributed by atoms with Crippen molar-refractivity contribution < 1.29 is 0 Å².